The summed E-state index contributed by atoms with van der Waals surface area (Å²) in [5.41, 5.74) is -0.160. The SMILES string of the molecule is COC(=O)C(C(=O)OC)[C@H](N=C(c1ccc(F)cc1)c1ccc(F)cc1)C(=O)OC(C)(C)C. The third-order valence-electron chi connectivity index (χ3n) is 4.38. The number of carbonyl (C=O) groups is 3. The highest BCUT2D eigenvalue weighted by Gasteiger charge is 2.43. The van der Waals surface area contributed by atoms with Crippen LogP contribution >= 0.6 is 0 Å². The smallest absolute Gasteiger partial charge is 0.332 e. The van der Waals surface area contributed by atoms with Crippen LogP contribution in [0.1, 0.15) is 31.9 Å². The summed E-state index contributed by atoms with van der Waals surface area (Å²) in [6.45, 7) is 4.83. The molecule has 7 nitrogen and oxygen atoms in total. The molecule has 0 fully saturated rings. The lowest BCUT2D eigenvalue weighted by molar-refractivity contribution is -0.169. The fourth-order valence-electron chi connectivity index (χ4n) is 2.90. The van der Waals surface area contributed by atoms with Gasteiger partial charge in [0.15, 0.2) is 12.0 Å². The lowest BCUT2D eigenvalue weighted by Crippen LogP contribution is -2.44. The third-order valence-corrected chi connectivity index (χ3v) is 4.38. The van der Waals surface area contributed by atoms with E-state index in [0.717, 1.165) is 14.2 Å². The van der Waals surface area contributed by atoms with E-state index in [1.165, 1.54) is 48.5 Å². The van der Waals surface area contributed by atoms with Gasteiger partial charge < -0.3 is 14.2 Å². The van der Waals surface area contributed by atoms with Crippen molar-refractivity contribution < 1.29 is 37.4 Å². The van der Waals surface area contributed by atoms with E-state index >= 15 is 0 Å². The average Bonchev–Trinajstić information content (AvgIpc) is 2.76. The van der Waals surface area contributed by atoms with E-state index in [1.807, 2.05) is 0 Å². The fourth-order valence-corrected chi connectivity index (χ4v) is 2.90. The Morgan fingerprint density at radius 3 is 1.48 bits per heavy atom. The van der Waals surface area contributed by atoms with Crippen LogP contribution in [0.25, 0.3) is 0 Å². The van der Waals surface area contributed by atoms with Crippen LogP contribution in [-0.4, -0.2) is 49.5 Å². The van der Waals surface area contributed by atoms with Crippen LogP contribution in [0.5, 0.6) is 0 Å². The van der Waals surface area contributed by atoms with Crippen molar-refractivity contribution in [3.05, 3.63) is 71.3 Å². The summed E-state index contributed by atoms with van der Waals surface area (Å²) in [6.07, 6.45) is 0. The Morgan fingerprint density at radius 2 is 1.15 bits per heavy atom. The van der Waals surface area contributed by atoms with Crippen LogP contribution < -0.4 is 0 Å². The van der Waals surface area contributed by atoms with Crippen molar-refractivity contribution in [2.45, 2.75) is 32.4 Å². The number of hydrogen-bond donors (Lipinski definition) is 0. The van der Waals surface area contributed by atoms with Crippen molar-refractivity contribution in [2.75, 3.05) is 14.2 Å². The summed E-state index contributed by atoms with van der Waals surface area (Å²) in [6, 6.07) is 8.59. The zero-order valence-corrected chi connectivity index (χ0v) is 18.9. The molecule has 0 spiro atoms. The molecule has 0 radical (unpaired) electrons. The molecular formula is C24H25F2NO6. The molecule has 1 atom stereocenters. The molecule has 2 aromatic rings. The molecule has 0 N–H and O–H groups in total. The van der Waals surface area contributed by atoms with E-state index in [9.17, 15) is 23.2 Å². The van der Waals surface area contributed by atoms with Crippen LogP contribution in [0.2, 0.25) is 0 Å². The number of aliphatic imine (C=N–C) groups is 1. The van der Waals surface area contributed by atoms with E-state index < -0.39 is 47.1 Å². The number of rotatable bonds is 7. The Morgan fingerprint density at radius 1 is 0.758 bits per heavy atom. The van der Waals surface area contributed by atoms with Crippen molar-refractivity contribution in [1.29, 1.82) is 0 Å². The molecule has 176 valence electrons. The molecule has 0 unspecified atom stereocenters. The quantitative estimate of drug-likeness (QED) is 0.271. The zero-order chi connectivity index (χ0) is 24.8. The summed E-state index contributed by atoms with van der Waals surface area (Å²) in [4.78, 5) is 42.4. The third kappa shape index (κ3) is 6.93. The monoisotopic (exact) mass is 461 g/mol. The number of hydrogen-bond acceptors (Lipinski definition) is 7. The molecule has 0 aliphatic heterocycles. The average molecular weight is 461 g/mol. The molecule has 2 rings (SSSR count). The van der Waals surface area contributed by atoms with E-state index in [2.05, 4.69) is 4.99 Å². The van der Waals surface area contributed by atoms with Crippen molar-refractivity contribution in [3.8, 4) is 0 Å². The molecule has 2 aromatic carbocycles. The topological polar surface area (TPSA) is 91.3 Å². The minimum atomic E-state index is -1.77. The first kappa shape index (κ1) is 25.6. The summed E-state index contributed by atoms with van der Waals surface area (Å²) in [5, 5.41) is 0. The van der Waals surface area contributed by atoms with Gasteiger partial charge in [-0.25, -0.2) is 13.6 Å². The van der Waals surface area contributed by atoms with Crippen molar-refractivity contribution in [3.63, 3.8) is 0 Å². The van der Waals surface area contributed by atoms with Gasteiger partial charge in [0.1, 0.15) is 17.2 Å². The van der Waals surface area contributed by atoms with E-state index in [1.54, 1.807) is 20.8 Å². The highest BCUT2D eigenvalue weighted by molar-refractivity contribution is 6.14. The minimum Gasteiger partial charge on any atom is -0.468 e. The molecule has 0 aliphatic rings. The second kappa shape index (κ2) is 10.8. The molecule has 0 saturated carbocycles. The molecule has 0 bridgehead atoms. The standard InChI is InChI=1S/C24H25F2NO6/c1-24(2,3)33-23(30)20(18(21(28)31-4)22(29)32-5)27-19(14-6-10-16(25)11-7-14)15-8-12-17(26)13-9-15/h6-13,18,20H,1-5H3/t20-/m0/s1. The van der Waals surface area contributed by atoms with E-state index in [4.69, 9.17) is 14.2 Å². The van der Waals surface area contributed by atoms with Gasteiger partial charge in [0.2, 0.25) is 0 Å². The number of halogens is 2. The molecule has 9 heteroatoms. The van der Waals surface area contributed by atoms with Gasteiger partial charge in [-0.2, -0.15) is 0 Å². The maximum atomic E-state index is 13.5. The van der Waals surface area contributed by atoms with Crippen LogP contribution in [0, 0.1) is 17.6 Å². The Labute approximate surface area is 190 Å². The van der Waals surface area contributed by atoms with Crippen LogP contribution in [0.4, 0.5) is 8.78 Å². The summed E-state index contributed by atoms with van der Waals surface area (Å²) in [7, 11) is 2.10. The number of nitrogens with zero attached hydrogens (tertiary/aromatic N) is 1. The maximum Gasteiger partial charge on any atom is 0.332 e. The van der Waals surface area contributed by atoms with Crippen molar-refractivity contribution in [1.82, 2.24) is 0 Å². The highest BCUT2D eigenvalue weighted by Crippen LogP contribution is 2.22. The highest BCUT2D eigenvalue weighted by atomic mass is 19.1. The molecule has 0 aromatic heterocycles. The lowest BCUT2D eigenvalue weighted by atomic mass is 9.97. The Bertz CT molecular complexity index is 963. The number of ether oxygens (including phenoxy) is 3. The molecule has 33 heavy (non-hydrogen) atoms. The van der Waals surface area contributed by atoms with Gasteiger partial charge in [0.25, 0.3) is 0 Å². The van der Waals surface area contributed by atoms with Gasteiger partial charge in [-0.3, -0.25) is 14.6 Å². The molecule has 0 heterocycles. The van der Waals surface area contributed by atoms with Gasteiger partial charge in [0.05, 0.1) is 19.9 Å². The Hall–Kier alpha value is -3.62. The Kier molecular flexibility index (Phi) is 8.39. The van der Waals surface area contributed by atoms with E-state index in [-0.39, 0.29) is 5.71 Å². The maximum absolute atomic E-state index is 13.5. The van der Waals surface area contributed by atoms with Crippen LogP contribution in [0.15, 0.2) is 53.5 Å². The summed E-state index contributed by atoms with van der Waals surface area (Å²) >= 11 is 0. The zero-order valence-electron chi connectivity index (χ0n) is 18.9. The molecular weight excluding hydrogens is 436 g/mol. The predicted octanol–water partition coefficient (Wildman–Crippen LogP) is 3.47. The van der Waals surface area contributed by atoms with Crippen LogP contribution in [0.3, 0.4) is 0 Å². The number of carbonyl (C=O) groups excluding carboxylic acids is 3. The van der Waals surface area contributed by atoms with Gasteiger partial charge in [0, 0.05) is 11.1 Å². The molecule has 0 aliphatic carbocycles. The first-order valence-electron chi connectivity index (χ1n) is 9.95. The first-order valence-corrected chi connectivity index (χ1v) is 9.95. The second-order valence-corrected chi connectivity index (χ2v) is 7.99. The first-order chi connectivity index (χ1) is 15.5. The van der Waals surface area contributed by atoms with Gasteiger partial charge >= 0.3 is 17.9 Å². The number of methoxy groups -OCH3 is 2. The van der Waals surface area contributed by atoms with Gasteiger partial charge in [-0.15, -0.1) is 0 Å². The summed E-state index contributed by atoms with van der Waals surface area (Å²) < 4.78 is 41.9. The predicted molar refractivity (Wildman–Crippen MR) is 116 cm³/mol. The molecule has 0 amide bonds. The van der Waals surface area contributed by atoms with Crippen molar-refractivity contribution >= 4 is 23.6 Å². The minimum absolute atomic E-state index is 0.101. The molecule has 0 saturated heterocycles. The van der Waals surface area contributed by atoms with Gasteiger partial charge in [-0.1, -0.05) is 0 Å². The fraction of sp³-hybridized carbons (Fsp3) is 0.333. The largest absolute Gasteiger partial charge is 0.468 e. The van der Waals surface area contributed by atoms with Crippen LogP contribution in [-0.2, 0) is 28.6 Å². The van der Waals surface area contributed by atoms with Gasteiger partial charge in [-0.05, 0) is 69.3 Å². The Balaban J connectivity index is 2.76. The van der Waals surface area contributed by atoms with E-state index in [0.29, 0.717) is 11.1 Å². The summed E-state index contributed by atoms with van der Waals surface area (Å²) in [5.74, 6) is -5.89. The number of esters is 3. The van der Waals surface area contributed by atoms with Crippen molar-refractivity contribution in [2.24, 2.45) is 10.9 Å². The number of benzene rings is 2. The normalized spacial score (nSPS) is 12.0. The second-order valence-electron chi connectivity index (χ2n) is 7.99. The lowest BCUT2D eigenvalue weighted by Gasteiger charge is -2.25.